The summed E-state index contributed by atoms with van der Waals surface area (Å²) in [5.41, 5.74) is 6.94. The van der Waals surface area contributed by atoms with Crippen molar-refractivity contribution in [1.82, 2.24) is 19.7 Å². The highest BCUT2D eigenvalue weighted by Crippen LogP contribution is 2.42. The number of benzene rings is 2. The second kappa shape index (κ2) is 19.1. The number of carboxylic acid groups (broad SMARTS) is 1. The molecule has 1 aliphatic heterocycles. The fourth-order valence-corrected chi connectivity index (χ4v) is 7.29. The number of likely N-dealkylation sites (tertiary alicyclic amines) is 1. The summed E-state index contributed by atoms with van der Waals surface area (Å²) >= 11 is 4.86. The summed E-state index contributed by atoms with van der Waals surface area (Å²) in [6.07, 6.45) is 6.15. The highest BCUT2D eigenvalue weighted by atomic mass is 35.5. The van der Waals surface area contributed by atoms with Crippen LogP contribution in [0.25, 0.3) is 17.1 Å². The quantitative estimate of drug-likeness (QED) is 0.140. The standard InChI is InChI=1S/C38H44N4O5.C5H9ClO2/c1-5-25-21-28(14-15-29(25)26-17-19-41(20-18-26)38(45)46-23-24(3)4)47-34-16-13-27-9-7-10-30(36(27)34)32-11-8-12-35(40-32)42-33(6-2)31(22-39-42)37(43)44;1-4(2)3-8-5(6)7/h7-12,14-15,21-22,24,26,34H,5-6,13,16-20,23H2,1-4H3,(H,43,44);4H,3H2,1-2H3. The Kier molecular flexibility index (Phi) is 14.3. The fraction of sp³-hybridized carbons (Fsp3) is 0.465. The monoisotopic (exact) mass is 772 g/mol. The molecule has 2 aromatic heterocycles. The summed E-state index contributed by atoms with van der Waals surface area (Å²) in [5.74, 6) is 1.54. The third-order valence-electron chi connectivity index (χ3n) is 9.89. The molecule has 1 fully saturated rings. The number of fused-ring (bicyclic) bond motifs is 1. The first-order valence-electron chi connectivity index (χ1n) is 19.3. The first-order valence-corrected chi connectivity index (χ1v) is 19.7. The zero-order valence-corrected chi connectivity index (χ0v) is 33.5. The van der Waals surface area contributed by atoms with Crippen LogP contribution < -0.4 is 4.74 Å². The predicted molar refractivity (Wildman–Crippen MR) is 212 cm³/mol. The molecular weight excluding hydrogens is 720 g/mol. The van der Waals surface area contributed by atoms with E-state index in [0.29, 0.717) is 62.0 Å². The van der Waals surface area contributed by atoms with Gasteiger partial charge >= 0.3 is 17.5 Å². The average Bonchev–Trinajstić information content (AvgIpc) is 3.81. The van der Waals surface area contributed by atoms with Gasteiger partial charge in [0.15, 0.2) is 5.82 Å². The average molecular weight is 773 g/mol. The molecule has 4 aromatic rings. The number of hydrogen-bond donors (Lipinski definition) is 1. The van der Waals surface area contributed by atoms with E-state index in [-0.39, 0.29) is 17.8 Å². The largest absolute Gasteiger partial charge is 0.486 e. The molecule has 3 heterocycles. The van der Waals surface area contributed by atoms with Gasteiger partial charge in [0.25, 0.3) is 0 Å². The Morgan fingerprint density at radius 2 is 1.62 bits per heavy atom. The number of ether oxygens (including phenoxy) is 3. The van der Waals surface area contributed by atoms with Crippen molar-refractivity contribution in [1.29, 1.82) is 0 Å². The lowest BCUT2D eigenvalue weighted by Crippen LogP contribution is -2.38. The Morgan fingerprint density at radius 1 is 0.909 bits per heavy atom. The van der Waals surface area contributed by atoms with E-state index in [1.807, 2.05) is 57.7 Å². The number of pyridine rings is 1. The summed E-state index contributed by atoms with van der Waals surface area (Å²) in [6, 6.07) is 18.6. The van der Waals surface area contributed by atoms with Gasteiger partial charge in [-0.15, -0.1) is 0 Å². The SMILES string of the molecule is CC(C)COC(=O)Cl.CCc1cc(OC2CCc3cccc(-c4cccc(-n5ncc(C(=O)O)c5CC)n4)c32)ccc1C1CCN(C(=O)OCC(C)C)CC1. The molecule has 294 valence electrons. The Labute approximate surface area is 328 Å². The molecule has 0 saturated carbocycles. The summed E-state index contributed by atoms with van der Waals surface area (Å²) in [5, 5.41) is 14.0. The van der Waals surface area contributed by atoms with Gasteiger partial charge in [-0.1, -0.05) is 71.9 Å². The molecule has 6 rings (SSSR count). The molecule has 1 atom stereocenters. The van der Waals surface area contributed by atoms with Crippen molar-refractivity contribution in [2.45, 2.75) is 92.1 Å². The third kappa shape index (κ3) is 10.4. The lowest BCUT2D eigenvalue weighted by Gasteiger charge is -2.32. The van der Waals surface area contributed by atoms with Crippen molar-refractivity contribution in [3.8, 4) is 22.8 Å². The van der Waals surface area contributed by atoms with Gasteiger partial charge in [0.2, 0.25) is 0 Å². The minimum Gasteiger partial charge on any atom is -0.486 e. The van der Waals surface area contributed by atoms with E-state index in [2.05, 4.69) is 53.2 Å². The van der Waals surface area contributed by atoms with Crippen LogP contribution >= 0.6 is 11.6 Å². The molecule has 0 spiro atoms. The molecule has 1 unspecified atom stereocenters. The van der Waals surface area contributed by atoms with Gasteiger partial charge in [-0.3, -0.25) is 0 Å². The van der Waals surface area contributed by atoms with E-state index < -0.39 is 11.4 Å². The second-order valence-corrected chi connectivity index (χ2v) is 15.2. The summed E-state index contributed by atoms with van der Waals surface area (Å²) in [6.45, 7) is 14.4. The Balaban J connectivity index is 0.000000654. The zero-order chi connectivity index (χ0) is 39.6. The van der Waals surface area contributed by atoms with Crippen LogP contribution in [0.2, 0.25) is 0 Å². The highest BCUT2D eigenvalue weighted by molar-refractivity contribution is 6.61. The molecular formula is C43H53ClN4O7. The minimum atomic E-state index is -0.992. The van der Waals surface area contributed by atoms with Crippen molar-refractivity contribution >= 4 is 29.1 Å². The van der Waals surface area contributed by atoms with Crippen molar-refractivity contribution in [3.05, 3.63) is 94.3 Å². The first-order chi connectivity index (χ1) is 26.4. The van der Waals surface area contributed by atoms with Gasteiger partial charge in [-0.05, 0) is 97.2 Å². The number of carbonyl (C=O) groups is 3. The zero-order valence-electron chi connectivity index (χ0n) is 32.7. The van der Waals surface area contributed by atoms with Crippen LogP contribution in [0.5, 0.6) is 5.75 Å². The van der Waals surface area contributed by atoms with E-state index in [4.69, 9.17) is 26.1 Å². The van der Waals surface area contributed by atoms with Gasteiger partial charge in [-0.2, -0.15) is 5.10 Å². The van der Waals surface area contributed by atoms with Crippen LogP contribution in [0.15, 0.2) is 60.8 Å². The Hall–Kier alpha value is -4.90. The molecule has 55 heavy (non-hydrogen) atoms. The van der Waals surface area contributed by atoms with Gasteiger partial charge in [0.1, 0.15) is 17.4 Å². The van der Waals surface area contributed by atoms with Crippen molar-refractivity contribution in [2.75, 3.05) is 26.3 Å². The molecule has 1 saturated heterocycles. The molecule has 1 amide bonds. The van der Waals surface area contributed by atoms with Crippen LogP contribution in [0.3, 0.4) is 0 Å². The van der Waals surface area contributed by atoms with Crippen LogP contribution in [0, 0.1) is 11.8 Å². The molecule has 11 nitrogen and oxygen atoms in total. The van der Waals surface area contributed by atoms with Crippen LogP contribution in [-0.2, 0) is 28.7 Å². The first kappa shape index (κ1) is 41.3. The lowest BCUT2D eigenvalue weighted by molar-refractivity contribution is 0.0695. The number of nitrogens with zero attached hydrogens (tertiary/aromatic N) is 4. The van der Waals surface area contributed by atoms with Gasteiger partial charge in [0.05, 0.1) is 30.8 Å². The molecule has 1 aliphatic carbocycles. The maximum atomic E-state index is 12.5. The molecule has 12 heteroatoms. The molecule has 0 bridgehead atoms. The maximum Gasteiger partial charge on any atom is 0.409 e. The number of carbonyl (C=O) groups excluding carboxylic acids is 2. The summed E-state index contributed by atoms with van der Waals surface area (Å²) < 4.78 is 18.3. The summed E-state index contributed by atoms with van der Waals surface area (Å²) in [4.78, 5) is 40.9. The fourth-order valence-electron chi connectivity index (χ4n) is 7.22. The second-order valence-electron chi connectivity index (χ2n) is 14.9. The van der Waals surface area contributed by atoms with E-state index in [1.165, 1.54) is 22.9 Å². The topological polar surface area (TPSA) is 133 Å². The minimum absolute atomic E-state index is 0.114. The van der Waals surface area contributed by atoms with E-state index in [0.717, 1.165) is 54.7 Å². The van der Waals surface area contributed by atoms with E-state index >= 15 is 0 Å². The number of aromatic carboxylic acids is 1. The van der Waals surface area contributed by atoms with E-state index in [1.54, 1.807) is 4.68 Å². The Morgan fingerprint density at radius 3 is 2.25 bits per heavy atom. The molecule has 2 aliphatic rings. The van der Waals surface area contributed by atoms with Crippen LogP contribution in [0.1, 0.15) is 111 Å². The van der Waals surface area contributed by atoms with Crippen LogP contribution in [0.4, 0.5) is 9.59 Å². The Bertz CT molecular complexity index is 1950. The number of rotatable bonds is 12. The number of piperidine rings is 1. The molecule has 0 radical (unpaired) electrons. The van der Waals surface area contributed by atoms with Crippen LogP contribution in [-0.4, -0.2) is 68.6 Å². The number of hydrogen-bond acceptors (Lipinski definition) is 8. The van der Waals surface area contributed by atoms with Crippen molar-refractivity contribution in [2.24, 2.45) is 11.8 Å². The molecule has 1 N–H and O–H groups in total. The normalized spacial score (nSPS) is 15.4. The van der Waals surface area contributed by atoms with Gasteiger partial charge in [0, 0.05) is 35.8 Å². The smallest absolute Gasteiger partial charge is 0.409 e. The number of amides is 1. The van der Waals surface area contributed by atoms with Crippen molar-refractivity contribution < 1.29 is 33.7 Å². The third-order valence-corrected chi connectivity index (χ3v) is 10.0. The predicted octanol–water partition coefficient (Wildman–Crippen LogP) is 9.81. The summed E-state index contributed by atoms with van der Waals surface area (Å²) in [7, 11) is 0. The number of carboxylic acids is 1. The number of aromatic nitrogens is 3. The van der Waals surface area contributed by atoms with Gasteiger partial charge < -0.3 is 24.2 Å². The number of halogens is 1. The highest BCUT2D eigenvalue weighted by Gasteiger charge is 2.30. The van der Waals surface area contributed by atoms with Gasteiger partial charge in [-0.25, -0.2) is 24.0 Å². The van der Waals surface area contributed by atoms with Crippen molar-refractivity contribution in [3.63, 3.8) is 0 Å². The van der Waals surface area contributed by atoms with E-state index in [9.17, 15) is 19.5 Å². The molecule has 2 aromatic carbocycles. The lowest BCUT2D eigenvalue weighted by atomic mass is 9.86. The maximum absolute atomic E-state index is 12.5. The number of aryl methyl sites for hydroxylation is 2.